The number of carbonyl (C=O) groups is 1. The van der Waals surface area contributed by atoms with Crippen molar-refractivity contribution in [3.63, 3.8) is 0 Å². The molecular formula is C11H24N2O2. The van der Waals surface area contributed by atoms with Crippen LogP contribution in [0.2, 0.25) is 0 Å². The highest BCUT2D eigenvalue weighted by Crippen LogP contribution is 2.00. The number of hydrogen-bond donors (Lipinski definition) is 2. The first-order valence-electron chi connectivity index (χ1n) is 5.69. The lowest BCUT2D eigenvalue weighted by molar-refractivity contribution is -0.122. The molecule has 0 rings (SSSR count). The molecule has 0 saturated carbocycles. The second-order valence-electron chi connectivity index (χ2n) is 3.95. The molecule has 0 fully saturated rings. The Morgan fingerprint density at radius 3 is 2.60 bits per heavy atom. The van der Waals surface area contributed by atoms with Crippen LogP contribution in [0.15, 0.2) is 0 Å². The molecular weight excluding hydrogens is 192 g/mol. The molecule has 0 aliphatic carbocycles. The lowest BCUT2D eigenvalue weighted by Crippen LogP contribution is -2.43. The zero-order valence-electron chi connectivity index (χ0n) is 10.1. The molecule has 3 N–H and O–H groups in total. The molecule has 0 aliphatic rings. The zero-order valence-corrected chi connectivity index (χ0v) is 10.1. The zero-order chi connectivity index (χ0) is 11.7. The minimum Gasteiger partial charge on any atom is -0.382 e. The van der Waals surface area contributed by atoms with Crippen molar-refractivity contribution in [2.45, 2.75) is 39.7 Å². The summed E-state index contributed by atoms with van der Waals surface area (Å²) in [6.07, 6.45) is 1.29. The van der Waals surface area contributed by atoms with Crippen molar-refractivity contribution < 1.29 is 9.53 Å². The van der Waals surface area contributed by atoms with Gasteiger partial charge in [-0.25, -0.2) is 0 Å². The first-order valence-corrected chi connectivity index (χ1v) is 5.69. The quantitative estimate of drug-likeness (QED) is 0.593. The molecule has 0 aromatic rings. The molecule has 4 nitrogen and oxygen atoms in total. The van der Waals surface area contributed by atoms with E-state index in [1.54, 1.807) is 0 Å². The van der Waals surface area contributed by atoms with E-state index < -0.39 is 0 Å². The van der Waals surface area contributed by atoms with E-state index in [2.05, 4.69) is 19.2 Å². The number of nitrogens with one attached hydrogen (secondary N) is 1. The average molecular weight is 216 g/mol. The van der Waals surface area contributed by atoms with Crippen molar-refractivity contribution in [3.05, 3.63) is 0 Å². The van der Waals surface area contributed by atoms with Gasteiger partial charge < -0.3 is 15.8 Å². The van der Waals surface area contributed by atoms with Crippen molar-refractivity contribution in [1.29, 1.82) is 0 Å². The fourth-order valence-corrected chi connectivity index (χ4v) is 1.26. The highest BCUT2D eigenvalue weighted by Gasteiger charge is 2.13. The molecule has 4 heteroatoms. The van der Waals surface area contributed by atoms with Crippen LogP contribution in [0.4, 0.5) is 0 Å². The number of rotatable bonds is 8. The van der Waals surface area contributed by atoms with Gasteiger partial charge in [-0.3, -0.25) is 4.79 Å². The Bertz CT molecular complexity index is 172. The van der Waals surface area contributed by atoms with Crippen LogP contribution in [0.3, 0.4) is 0 Å². The van der Waals surface area contributed by atoms with Crippen LogP contribution in [0.5, 0.6) is 0 Å². The first-order chi connectivity index (χ1) is 7.11. The minimum atomic E-state index is 0.0684. The van der Waals surface area contributed by atoms with Crippen LogP contribution < -0.4 is 11.1 Å². The maximum Gasteiger partial charge on any atom is 0.220 e. The van der Waals surface area contributed by atoms with Crippen LogP contribution in [-0.2, 0) is 9.53 Å². The second kappa shape index (κ2) is 8.68. The van der Waals surface area contributed by atoms with E-state index in [1.165, 1.54) is 0 Å². The monoisotopic (exact) mass is 216 g/mol. The summed E-state index contributed by atoms with van der Waals surface area (Å²) in [6.45, 7) is 7.91. The van der Waals surface area contributed by atoms with Crippen molar-refractivity contribution in [1.82, 2.24) is 5.32 Å². The number of carbonyl (C=O) groups excluding carboxylic acids is 1. The Kier molecular flexibility index (Phi) is 8.33. The van der Waals surface area contributed by atoms with E-state index in [0.29, 0.717) is 32.1 Å². The fraction of sp³-hybridized carbons (Fsp3) is 0.909. The van der Waals surface area contributed by atoms with E-state index in [9.17, 15) is 4.79 Å². The van der Waals surface area contributed by atoms with Crippen LogP contribution in [0.25, 0.3) is 0 Å². The van der Waals surface area contributed by atoms with Gasteiger partial charge in [-0.15, -0.1) is 0 Å². The minimum absolute atomic E-state index is 0.0684. The van der Waals surface area contributed by atoms with E-state index >= 15 is 0 Å². The summed E-state index contributed by atoms with van der Waals surface area (Å²) in [6, 6.07) is 0.0876. The summed E-state index contributed by atoms with van der Waals surface area (Å²) in [7, 11) is 0. The number of hydrogen-bond acceptors (Lipinski definition) is 3. The molecule has 0 spiro atoms. The Hall–Kier alpha value is -0.610. The largest absolute Gasteiger partial charge is 0.382 e. The van der Waals surface area contributed by atoms with Gasteiger partial charge >= 0.3 is 0 Å². The summed E-state index contributed by atoms with van der Waals surface area (Å²) in [5.41, 5.74) is 5.56. The topological polar surface area (TPSA) is 64.3 Å². The van der Waals surface area contributed by atoms with Crippen LogP contribution in [-0.4, -0.2) is 31.7 Å². The molecule has 0 aromatic heterocycles. The maximum absolute atomic E-state index is 11.5. The van der Waals surface area contributed by atoms with Crippen molar-refractivity contribution in [3.8, 4) is 0 Å². The molecule has 90 valence electrons. The lowest BCUT2D eigenvalue weighted by Gasteiger charge is -2.20. The van der Waals surface area contributed by atoms with Gasteiger partial charge in [0.05, 0.1) is 0 Å². The SMILES string of the molecule is CCOCCCC(=O)NC(CN)C(C)C. The number of amides is 1. The van der Waals surface area contributed by atoms with Gasteiger partial charge in [-0.2, -0.15) is 0 Å². The van der Waals surface area contributed by atoms with Crippen molar-refractivity contribution in [2.24, 2.45) is 11.7 Å². The van der Waals surface area contributed by atoms with Crippen LogP contribution in [0, 0.1) is 5.92 Å². The van der Waals surface area contributed by atoms with Gasteiger partial charge in [0.1, 0.15) is 0 Å². The first kappa shape index (κ1) is 14.4. The second-order valence-corrected chi connectivity index (χ2v) is 3.95. The Morgan fingerprint density at radius 1 is 1.47 bits per heavy atom. The van der Waals surface area contributed by atoms with Gasteiger partial charge in [0.25, 0.3) is 0 Å². The summed E-state index contributed by atoms with van der Waals surface area (Å²) in [5, 5.41) is 2.92. The molecule has 1 unspecified atom stereocenters. The van der Waals surface area contributed by atoms with Crippen LogP contribution >= 0.6 is 0 Å². The third-order valence-electron chi connectivity index (χ3n) is 2.30. The average Bonchev–Trinajstić information content (AvgIpc) is 2.20. The molecule has 0 radical (unpaired) electrons. The Balaban J connectivity index is 3.62. The van der Waals surface area contributed by atoms with Crippen LogP contribution in [0.1, 0.15) is 33.6 Å². The highest BCUT2D eigenvalue weighted by molar-refractivity contribution is 5.76. The van der Waals surface area contributed by atoms with Crippen molar-refractivity contribution >= 4 is 5.91 Å². The van der Waals surface area contributed by atoms with Gasteiger partial charge in [-0.1, -0.05) is 13.8 Å². The molecule has 0 aliphatic heterocycles. The van der Waals surface area contributed by atoms with E-state index in [0.717, 1.165) is 6.42 Å². The smallest absolute Gasteiger partial charge is 0.220 e. The predicted molar refractivity (Wildman–Crippen MR) is 61.6 cm³/mol. The van der Waals surface area contributed by atoms with E-state index in [4.69, 9.17) is 10.5 Å². The molecule has 0 heterocycles. The molecule has 15 heavy (non-hydrogen) atoms. The Labute approximate surface area is 92.6 Å². The number of ether oxygens (including phenoxy) is 1. The summed E-state index contributed by atoms with van der Waals surface area (Å²) in [5.74, 6) is 0.449. The van der Waals surface area contributed by atoms with Gasteiger partial charge in [0.15, 0.2) is 0 Å². The predicted octanol–water partition coefficient (Wildman–Crippen LogP) is 0.903. The van der Waals surface area contributed by atoms with Gasteiger partial charge in [-0.05, 0) is 19.3 Å². The maximum atomic E-state index is 11.5. The highest BCUT2D eigenvalue weighted by atomic mass is 16.5. The fourth-order valence-electron chi connectivity index (χ4n) is 1.26. The molecule has 0 saturated heterocycles. The van der Waals surface area contributed by atoms with E-state index in [-0.39, 0.29) is 11.9 Å². The molecule has 0 aromatic carbocycles. The summed E-state index contributed by atoms with van der Waals surface area (Å²) < 4.78 is 5.16. The summed E-state index contributed by atoms with van der Waals surface area (Å²) >= 11 is 0. The van der Waals surface area contributed by atoms with Gasteiger partial charge in [0.2, 0.25) is 5.91 Å². The third kappa shape index (κ3) is 7.33. The normalized spacial score (nSPS) is 12.9. The number of nitrogens with two attached hydrogens (primary N) is 1. The molecule has 0 bridgehead atoms. The lowest BCUT2D eigenvalue weighted by atomic mass is 10.0. The third-order valence-corrected chi connectivity index (χ3v) is 2.30. The van der Waals surface area contributed by atoms with E-state index in [1.807, 2.05) is 6.92 Å². The molecule has 1 amide bonds. The Morgan fingerprint density at radius 2 is 2.13 bits per heavy atom. The molecule has 1 atom stereocenters. The summed E-state index contributed by atoms with van der Waals surface area (Å²) in [4.78, 5) is 11.5. The standard InChI is InChI=1S/C11H24N2O2/c1-4-15-7-5-6-11(14)13-10(8-12)9(2)3/h9-10H,4-8,12H2,1-3H3,(H,13,14). The van der Waals surface area contributed by atoms with Gasteiger partial charge in [0, 0.05) is 32.2 Å². The van der Waals surface area contributed by atoms with Crippen molar-refractivity contribution in [2.75, 3.05) is 19.8 Å².